The molecule has 0 saturated heterocycles. The van der Waals surface area contributed by atoms with Crippen LogP contribution in [-0.4, -0.2) is 20.3 Å². The Bertz CT molecular complexity index is 480. The fourth-order valence-corrected chi connectivity index (χ4v) is 4.75. The molecule has 1 N–H and O–H groups in total. The van der Waals surface area contributed by atoms with Crippen LogP contribution in [0.4, 0.5) is 0 Å². The minimum atomic E-state index is -3.47. The molecular formula is C9H12Br2ClNO2S2. The van der Waals surface area contributed by atoms with E-state index in [1.807, 2.05) is 13.8 Å². The maximum Gasteiger partial charge on any atom is 0.250 e. The van der Waals surface area contributed by atoms with Crippen LogP contribution in [0.1, 0.15) is 13.8 Å². The topological polar surface area (TPSA) is 46.2 Å². The zero-order valence-electron chi connectivity index (χ0n) is 9.26. The van der Waals surface area contributed by atoms with Gasteiger partial charge < -0.3 is 0 Å². The van der Waals surface area contributed by atoms with E-state index in [0.717, 1.165) is 16.7 Å². The summed E-state index contributed by atoms with van der Waals surface area (Å²) in [6.07, 6.45) is 0. The van der Waals surface area contributed by atoms with E-state index in [4.69, 9.17) is 11.6 Å². The second kappa shape index (κ2) is 5.88. The molecule has 0 aliphatic carbocycles. The van der Waals surface area contributed by atoms with Crippen molar-refractivity contribution in [1.82, 2.24) is 4.72 Å². The lowest BCUT2D eigenvalue weighted by Crippen LogP contribution is -2.34. The molecule has 0 saturated carbocycles. The number of thiophene rings is 1. The molecule has 1 heterocycles. The van der Waals surface area contributed by atoms with Crippen molar-refractivity contribution in [2.45, 2.75) is 18.1 Å². The van der Waals surface area contributed by atoms with Gasteiger partial charge in [0.1, 0.15) is 4.21 Å². The minimum absolute atomic E-state index is 0.134. The van der Waals surface area contributed by atoms with Crippen molar-refractivity contribution in [2.24, 2.45) is 5.41 Å². The zero-order valence-corrected chi connectivity index (χ0v) is 14.8. The molecule has 0 aliphatic rings. The van der Waals surface area contributed by atoms with Crippen LogP contribution in [0.2, 0.25) is 5.02 Å². The maximum atomic E-state index is 12.0. The van der Waals surface area contributed by atoms with Crippen LogP contribution in [0.25, 0.3) is 0 Å². The third-order valence-electron chi connectivity index (χ3n) is 1.99. The van der Waals surface area contributed by atoms with Crippen LogP contribution in [0.5, 0.6) is 0 Å². The van der Waals surface area contributed by atoms with E-state index in [-0.39, 0.29) is 9.62 Å². The van der Waals surface area contributed by atoms with Gasteiger partial charge >= 0.3 is 0 Å². The smallest absolute Gasteiger partial charge is 0.210 e. The van der Waals surface area contributed by atoms with Gasteiger partial charge in [0.2, 0.25) is 10.0 Å². The number of hydrogen-bond acceptors (Lipinski definition) is 3. The molecule has 0 aromatic carbocycles. The Balaban J connectivity index is 2.83. The van der Waals surface area contributed by atoms with Gasteiger partial charge in [-0.2, -0.15) is 0 Å². The highest BCUT2D eigenvalue weighted by atomic mass is 79.9. The van der Waals surface area contributed by atoms with E-state index < -0.39 is 10.0 Å². The number of hydrogen-bond donors (Lipinski definition) is 1. The molecule has 0 aliphatic heterocycles. The molecule has 98 valence electrons. The van der Waals surface area contributed by atoms with Gasteiger partial charge in [-0.05, 0) is 27.4 Å². The van der Waals surface area contributed by atoms with Gasteiger partial charge in [-0.1, -0.05) is 41.4 Å². The van der Waals surface area contributed by atoms with Crippen LogP contribution in [0.3, 0.4) is 0 Å². The molecule has 0 amide bonds. The third-order valence-corrected chi connectivity index (χ3v) is 7.86. The molecule has 17 heavy (non-hydrogen) atoms. The van der Waals surface area contributed by atoms with Crippen LogP contribution >= 0.6 is 54.8 Å². The molecular weight excluding hydrogens is 413 g/mol. The summed E-state index contributed by atoms with van der Waals surface area (Å²) < 4.78 is 27.4. The van der Waals surface area contributed by atoms with Gasteiger partial charge in [0.25, 0.3) is 0 Å². The molecule has 8 heteroatoms. The average molecular weight is 426 g/mol. The number of sulfonamides is 1. The predicted octanol–water partition coefficient (Wildman–Crippen LogP) is 3.86. The second-order valence-electron chi connectivity index (χ2n) is 4.31. The molecule has 0 radical (unpaired) electrons. The number of rotatable bonds is 5. The normalized spacial score (nSPS) is 13.0. The van der Waals surface area contributed by atoms with Crippen molar-refractivity contribution in [1.29, 1.82) is 0 Å². The number of halogens is 3. The SMILES string of the molecule is CC(C)(CBr)CNS(=O)(=O)c1cc(Cl)c(Br)s1. The van der Waals surface area contributed by atoms with E-state index in [2.05, 4.69) is 36.6 Å². The van der Waals surface area contributed by atoms with E-state index >= 15 is 0 Å². The van der Waals surface area contributed by atoms with E-state index in [1.54, 1.807) is 0 Å². The molecule has 1 aromatic rings. The summed E-state index contributed by atoms with van der Waals surface area (Å²) in [7, 11) is -3.47. The Kier molecular flexibility index (Phi) is 5.50. The monoisotopic (exact) mass is 423 g/mol. The van der Waals surface area contributed by atoms with Crippen LogP contribution in [0.15, 0.2) is 14.1 Å². The fraction of sp³-hybridized carbons (Fsp3) is 0.556. The molecule has 0 fully saturated rings. The summed E-state index contributed by atoms with van der Waals surface area (Å²) >= 11 is 13.5. The highest BCUT2D eigenvalue weighted by molar-refractivity contribution is 9.11. The number of alkyl halides is 1. The highest BCUT2D eigenvalue weighted by Gasteiger charge is 2.23. The van der Waals surface area contributed by atoms with Crippen molar-refractivity contribution in [3.05, 3.63) is 14.9 Å². The molecule has 1 rings (SSSR count). The molecule has 0 unspecified atom stereocenters. The minimum Gasteiger partial charge on any atom is -0.210 e. The largest absolute Gasteiger partial charge is 0.250 e. The van der Waals surface area contributed by atoms with Gasteiger partial charge in [0, 0.05) is 11.9 Å². The van der Waals surface area contributed by atoms with Gasteiger partial charge in [0.15, 0.2) is 0 Å². The second-order valence-corrected chi connectivity index (χ2v) is 9.64. The first kappa shape index (κ1) is 15.9. The third kappa shape index (κ3) is 4.47. The summed E-state index contributed by atoms with van der Waals surface area (Å²) in [6, 6.07) is 1.44. The Hall–Kier alpha value is 0.860. The zero-order chi connectivity index (χ0) is 13.3. The van der Waals surface area contributed by atoms with Gasteiger partial charge in [-0.15, -0.1) is 11.3 Å². The van der Waals surface area contributed by atoms with Crippen LogP contribution in [0, 0.1) is 5.41 Å². The predicted molar refractivity (Wildman–Crippen MR) is 79.8 cm³/mol. The lowest BCUT2D eigenvalue weighted by molar-refractivity contribution is 0.420. The van der Waals surface area contributed by atoms with Crippen molar-refractivity contribution in [3.63, 3.8) is 0 Å². The van der Waals surface area contributed by atoms with Crippen LogP contribution < -0.4 is 4.72 Å². The molecule has 0 spiro atoms. The van der Waals surface area contributed by atoms with Gasteiger partial charge in [0.05, 0.1) is 8.81 Å². The van der Waals surface area contributed by atoms with E-state index in [9.17, 15) is 8.42 Å². The van der Waals surface area contributed by atoms with Gasteiger partial charge in [-0.25, -0.2) is 13.1 Å². The first-order valence-electron chi connectivity index (χ1n) is 4.68. The summed E-state index contributed by atoms with van der Waals surface area (Å²) in [4.78, 5) is 0. The number of nitrogens with one attached hydrogen (secondary N) is 1. The summed E-state index contributed by atoms with van der Waals surface area (Å²) in [6.45, 7) is 4.32. The molecule has 1 aromatic heterocycles. The van der Waals surface area contributed by atoms with E-state index in [1.165, 1.54) is 6.07 Å². The van der Waals surface area contributed by atoms with Crippen molar-refractivity contribution >= 4 is 64.8 Å². The first-order valence-corrected chi connectivity index (χ1v) is 9.28. The van der Waals surface area contributed by atoms with Crippen molar-refractivity contribution in [3.8, 4) is 0 Å². The Morgan fingerprint density at radius 1 is 1.53 bits per heavy atom. The standard InChI is InChI=1S/C9H12Br2ClNO2S2/c1-9(2,4-10)5-13-17(14,15)7-3-6(12)8(11)16-7/h3,13H,4-5H2,1-2H3. The highest BCUT2D eigenvalue weighted by Crippen LogP contribution is 2.34. The van der Waals surface area contributed by atoms with Gasteiger partial charge in [-0.3, -0.25) is 0 Å². The lowest BCUT2D eigenvalue weighted by atomic mass is 9.98. The summed E-state index contributed by atoms with van der Waals surface area (Å²) in [5.41, 5.74) is -0.134. The summed E-state index contributed by atoms with van der Waals surface area (Å²) in [5.74, 6) is 0. The average Bonchev–Trinajstić information content (AvgIpc) is 2.58. The maximum absolute atomic E-state index is 12.0. The Labute approximate surface area is 127 Å². The summed E-state index contributed by atoms with van der Waals surface area (Å²) in [5, 5.41) is 1.13. The molecule has 0 atom stereocenters. The lowest BCUT2D eigenvalue weighted by Gasteiger charge is -2.21. The molecule has 0 bridgehead atoms. The fourth-order valence-electron chi connectivity index (χ4n) is 0.868. The first-order chi connectivity index (χ1) is 7.68. The van der Waals surface area contributed by atoms with Crippen LogP contribution in [-0.2, 0) is 10.0 Å². The van der Waals surface area contributed by atoms with E-state index in [0.29, 0.717) is 15.4 Å². The molecule has 3 nitrogen and oxygen atoms in total. The Morgan fingerprint density at radius 2 is 2.12 bits per heavy atom. The quantitative estimate of drug-likeness (QED) is 0.728. The Morgan fingerprint density at radius 3 is 2.53 bits per heavy atom. The van der Waals surface area contributed by atoms with Crippen molar-refractivity contribution in [2.75, 3.05) is 11.9 Å². The van der Waals surface area contributed by atoms with Crippen molar-refractivity contribution < 1.29 is 8.42 Å².